The van der Waals surface area contributed by atoms with E-state index in [1.54, 1.807) is 0 Å². The van der Waals surface area contributed by atoms with Crippen LogP contribution in [0.15, 0.2) is 34.5 Å². The van der Waals surface area contributed by atoms with Crippen molar-refractivity contribution in [3.05, 3.63) is 41.5 Å². The summed E-state index contributed by atoms with van der Waals surface area (Å²) in [5.41, 5.74) is -0.592. The van der Waals surface area contributed by atoms with E-state index >= 15 is 0 Å². The van der Waals surface area contributed by atoms with E-state index in [0.717, 1.165) is 45.6 Å². The lowest BCUT2D eigenvalue weighted by Crippen LogP contribution is -2.51. The second-order valence-electron chi connectivity index (χ2n) is 11.0. The van der Waals surface area contributed by atoms with E-state index in [2.05, 4.69) is 31.0 Å². The molecule has 180 valence electrons. The molecule has 2 aliphatic heterocycles. The van der Waals surface area contributed by atoms with Gasteiger partial charge in [0.25, 0.3) is 0 Å². The summed E-state index contributed by atoms with van der Waals surface area (Å²) in [5.74, 6) is -0.974. The highest BCUT2D eigenvalue weighted by atomic mass is 19.1. The zero-order valence-corrected chi connectivity index (χ0v) is 20.3. The van der Waals surface area contributed by atoms with Crippen LogP contribution in [0.2, 0.25) is 0 Å². The Labute approximate surface area is 195 Å². The summed E-state index contributed by atoms with van der Waals surface area (Å²) in [6, 6.07) is 3.80. The van der Waals surface area contributed by atoms with Crippen LogP contribution in [0, 0.1) is 39.7 Å². The first-order valence-electron chi connectivity index (χ1n) is 11.9. The van der Waals surface area contributed by atoms with E-state index in [1.165, 1.54) is 25.2 Å². The Morgan fingerprint density at radius 3 is 2.42 bits per heavy atom. The molecule has 2 heterocycles. The lowest BCUT2D eigenvalue weighted by atomic mass is 9.62. The average molecular weight is 460 g/mol. The van der Waals surface area contributed by atoms with Crippen molar-refractivity contribution < 1.29 is 18.3 Å². The van der Waals surface area contributed by atoms with Crippen molar-refractivity contribution in [2.24, 2.45) is 38.3 Å². The molecule has 1 saturated carbocycles. The van der Waals surface area contributed by atoms with Gasteiger partial charge in [-0.15, -0.1) is 0 Å². The maximum atomic E-state index is 14.5. The second kappa shape index (κ2) is 8.57. The lowest BCUT2D eigenvalue weighted by molar-refractivity contribution is -0.150. The number of amides is 1. The Hall–Kier alpha value is -2.15. The van der Waals surface area contributed by atoms with Gasteiger partial charge in [0.1, 0.15) is 11.6 Å². The van der Waals surface area contributed by atoms with Crippen LogP contribution in [-0.4, -0.2) is 44.2 Å². The van der Waals surface area contributed by atoms with Gasteiger partial charge in [0.15, 0.2) is 0 Å². The smallest absolute Gasteiger partial charge is 0.229 e. The number of halogens is 2. The van der Waals surface area contributed by atoms with Crippen LogP contribution in [0.5, 0.6) is 0 Å². The van der Waals surface area contributed by atoms with Gasteiger partial charge in [0.05, 0.1) is 29.9 Å². The van der Waals surface area contributed by atoms with Crippen LogP contribution in [-0.2, 0) is 9.53 Å². The first kappa shape index (κ1) is 24.0. The number of benzene rings is 1. The first-order valence-corrected chi connectivity index (χ1v) is 11.9. The molecule has 1 aromatic rings. The summed E-state index contributed by atoms with van der Waals surface area (Å²) >= 11 is 0. The van der Waals surface area contributed by atoms with E-state index in [-0.39, 0.29) is 39.8 Å². The van der Waals surface area contributed by atoms with Crippen LogP contribution in [0.1, 0.15) is 52.5 Å². The maximum Gasteiger partial charge on any atom is 0.229 e. The summed E-state index contributed by atoms with van der Waals surface area (Å²) in [7, 11) is 1.49. The number of carbonyl (C=O) groups is 1. The van der Waals surface area contributed by atoms with E-state index in [9.17, 15) is 13.6 Å². The predicted octanol–water partition coefficient (Wildman–Crippen LogP) is 5.72. The fourth-order valence-electron chi connectivity index (χ4n) is 6.30. The molecule has 3 fully saturated rings. The van der Waals surface area contributed by atoms with Gasteiger partial charge in [-0.3, -0.25) is 4.79 Å². The maximum absolute atomic E-state index is 14.5. The van der Waals surface area contributed by atoms with Crippen LogP contribution in [0.4, 0.5) is 8.78 Å². The van der Waals surface area contributed by atoms with Crippen molar-refractivity contribution in [2.75, 3.05) is 33.4 Å². The Morgan fingerprint density at radius 2 is 1.88 bits per heavy atom. The Balaban J connectivity index is 1.58. The molecule has 33 heavy (non-hydrogen) atoms. The lowest BCUT2D eigenvalue weighted by Gasteiger charge is -2.44. The number of hydrogen-bond donors (Lipinski definition) is 0. The summed E-state index contributed by atoms with van der Waals surface area (Å²) in [6.07, 6.45) is 4.48. The molecule has 5 nitrogen and oxygen atoms in total. The van der Waals surface area contributed by atoms with Crippen molar-refractivity contribution >= 4 is 11.6 Å². The standard InChI is InChI=1S/C26H35F2N3O2/c1-17(13-21(30-29-5)22-19(27)7-6-8-20(22)28)18-9-10-25(4,24(18,2)3)23(32)31-12-11-26(14-31)15-33-16-26/h6-8,13,17-18H,9-12,14-16H2,1-5H3/b21-13-,30-29?/t17?,18?,25-/m1/s1. The number of carbonyl (C=O) groups excluding carboxylic acids is 1. The van der Waals surface area contributed by atoms with Crippen LogP contribution < -0.4 is 0 Å². The molecule has 7 heteroatoms. The zero-order chi connectivity index (χ0) is 24.0. The Kier molecular flexibility index (Phi) is 6.23. The minimum Gasteiger partial charge on any atom is -0.380 e. The van der Waals surface area contributed by atoms with E-state index in [1.807, 2.05) is 17.9 Å². The van der Waals surface area contributed by atoms with Crippen LogP contribution in [0.25, 0.3) is 5.70 Å². The highest BCUT2D eigenvalue weighted by molar-refractivity contribution is 5.84. The molecule has 0 aromatic heterocycles. The third kappa shape index (κ3) is 3.92. The number of allylic oxidation sites excluding steroid dienone is 1. The van der Waals surface area contributed by atoms with Crippen molar-refractivity contribution in [1.29, 1.82) is 0 Å². The summed E-state index contributed by atoms with van der Waals surface area (Å²) in [4.78, 5) is 15.8. The number of hydrogen-bond acceptors (Lipinski definition) is 4. The molecule has 0 bridgehead atoms. The number of likely N-dealkylation sites (tertiary alicyclic amines) is 1. The highest BCUT2D eigenvalue weighted by Gasteiger charge is 2.59. The Morgan fingerprint density at radius 1 is 1.21 bits per heavy atom. The van der Waals surface area contributed by atoms with Gasteiger partial charge in [-0.2, -0.15) is 10.2 Å². The van der Waals surface area contributed by atoms with Gasteiger partial charge >= 0.3 is 0 Å². The Bertz CT molecular complexity index is 965. The molecular formula is C26H35F2N3O2. The number of rotatable bonds is 5. The topological polar surface area (TPSA) is 54.3 Å². The third-order valence-corrected chi connectivity index (χ3v) is 8.80. The van der Waals surface area contributed by atoms with Gasteiger partial charge in [-0.1, -0.05) is 39.8 Å². The van der Waals surface area contributed by atoms with Crippen molar-refractivity contribution in [1.82, 2.24) is 4.90 Å². The van der Waals surface area contributed by atoms with Gasteiger partial charge in [-0.25, -0.2) is 8.78 Å². The van der Waals surface area contributed by atoms with Gasteiger partial charge < -0.3 is 9.64 Å². The molecule has 2 saturated heterocycles. The van der Waals surface area contributed by atoms with E-state index < -0.39 is 17.0 Å². The molecule has 0 N–H and O–H groups in total. The van der Waals surface area contributed by atoms with Gasteiger partial charge in [0, 0.05) is 25.6 Å². The van der Waals surface area contributed by atoms with Crippen LogP contribution >= 0.6 is 0 Å². The molecule has 1 aliphatic carbocycles. The monoisotopic (exact) mass is 459 g/mol. The molecular weight excluding hydrogens is 424 g/mol. The van der Waals surface area contributed by atoms with Crippen molar-refractivity contribution in [3.63, 3.8) is 0 Å². The summed E-state index contributed by atoms with van der Waals surface area (Å²) in [6.45, 7) is 11.5. The largest absolute Gasteiger partial charge is 0.380 e. The fraction of sp³-hybridized carbons (Fsp3) is 0.654. The molecule has 3 atom stereocenters. The summed E-state index contributed by atoms with van der Waals surface area (Å²) in [5, 5.41) is 7.86. The molecule has 1 amide bonds. The van der Waals surface area contributed by atoms with Crippen molar-refractivity contribution in [2.45, 2.75) is 47.0 Å². The third-order valence-electron chi connectivity index (χ3n) is 8.80. The van der Waals surface area contributed by atoms with Gasteiger partial charge in [0.2, 0.25) is 5.91 Å². The van der Waals surface area contributed by atoms with Gasteiger partial charge in [-0.05, 0) is 48.6 Å². The highest BCUT2D eigenvalue weighted by Crippen LogP contribution is 2.59. The molecule has 1 spiro atoms. The quantitative estimate of drug-likeness (QED) is 0.529. The number of ether oxygens (including phenoxy) is 1. The number of azo groups is 1. The van der Waals surface area contributed by atoms with Crippen LogP contribution in [0.3, 0.4) is 0 Å². The normalized spacial score (nSPS) is 29.6. The minimum atomic E-state index is -0.658. The zero-order valence-electron chi connectivity index (χ0n) is 20.3. The summed E-state index contributed by atoms with van der Waals surface area (Å²) < 4.78 is 34.3. The van der Waals surface area contributed by atoms with Crippen molar-refractivity contribution in [3.8, 4) is 0 Å². The molecule has 4 rings (SSSR count). The second-order valence-corrected chi connectivity index (χ2v) is 11.0. The van der Waals surface area contributed by atoms with E-state index in [4.69, 9.17) is 4.74 Å². The number of nitrogens with zero attached hydrogens (tertiary/aromatic N) is 3. The SMILES string of the molecule is CN=N/C(=C\C(C)C1CC[C@](C)(C(=O)N2CCC3(COC3)C2)C1(C)C)c1c(F)cccc1F. The average Bonchev–Trinajstić information content (AvgIpc) is 3.28. The minimum absolute atomic E-state index is 0.0425. The molecule has 0 radical (unpaired) electrons. The van der Waals surface area contributed by atoms with E-state index in [0.29, 0.717) is 0 Å². The molecule has 3 aliphatic rings. The molecule has 2 unspecified atom stereocenters. The fourth-order valence-corrected chi connectivity index (χ4v) is 6.30. The molecule has 1 aromatic carbocycles. The predicted molar refractivity (Wildman–Crippen MR) is 123 cm³/mol. The first-order chi connectivity index (χ1) is 15.5.